The summed E-state index contributed by atoms with van der Waals surface area (Å²) >= 11 is 7.46. The largest absolute Gasteiger partial charge is 0.294 e. The fraction of sp³-hybridized carbons (Fsp3) is 0.353. The Kier molecular flexibility index (Phi) is 4.37. The Morgan fingerprint density at radius 1 is 1.32 bits per heavy atom. The van der Waals surface area contributed by atoms with Gasteiger partial charge in [0.1, 0.15) is 5.92 Å². The molecule has 1 aromatic carbocycles. The molecule has 2 aliphatic rings. The lowest BCUT2D eigenvalue weighted by Crippen LogP contribution is -2.30. The lowest BCUT2D eigenvalue weighted by Gasteiger charge is -2.32. The number of carbonyl (C=O) groups is 1. The second-order valence-corrected chi connectivity index (χ2v) is 6.69. The van der Waals surface area contributed by atoms with E-state index in [0.29, 0.717) is 11.4 Å². The van der Waals surface area contributed by atoms with Crippen LogP contribution in [-0.2, 0) is 4.79 Å². The molecule has 22 heavy (non-hydrogen) atoms. The van der Waals surface area contributed by atoms with Crippen LogP contribution >= 0.6 is 23.4 Å². The molecule has 1 aliphatic heterocycles. The van der Waals surface area contributed by atoms with Gasteiger partial charge in [-0.3, -0.25) is 4.79 Å². The maximum atomic E-state index is 12.5. The van der Waals surface area contributed by atoms with Crippen LogP contribution < -0.4 is 0 Å². The van der Waals surface area contributed by atoms with Crippen molar-refractivity contribution in [1.29, 1.82) is 5.26 Å². The number of allylic oxidation sites excluding steroid dienone is 2. The molecule has 1 aliphatic carbocycles. The van der Waals surface area contributed by atoms with E-state index in [0.717, 1.165) is 34.7 Å². The van der Waals surface area contributed by atoms with Crippen LogP contribution in [0.4, 0.5) is 0 Å². The van der Waals surface area contributed by atoms with E-state index in [-0.39, 0.29) is 11.7 Å². The lowest BCUT2D eigenvalue weighted by molar-refractivity contribution is -0.116. The standard InChI is InChI=1S/C17H15ClN2OS/c1-22-17-12(9-19)15(10-5-7-11(18)8-6-10)16-13(20-17)3-2-4-14(16)21/h5-8,12,15H,2-4H2,1H3/t12?,15-/m0/s1. The van der Waals surface area contributed by atoms with Gasteiger partial charge in [-0.05, 0) is 36.8 Å². The van der Waals surface area contributed by atoms with E-state index in [9.17, 15) is 10.1 Å². The molecule has 0 aromatic heterocycles. The third kappa shape index (κ3) is 2.60. The Labute approximate surface area is 139 Å². The van der Waals surface area contributed by atoms with Gasteiger partial charge in [0.2, 0.25) is 0 Å². The first-order valence-electron chi connectivity index (χ1n) is 7.19. The number of ketones is 1. The summed E-state index contributed by atoms with van der Waals surface area (Å²) in [7, 11) is 0. The van der Waals surface area contributed by atoms with Crippen LogP contribution in [0.2, 0.25) is 5.02 Å². The topological polar surface area (TPSA) is 53.2 Å². The number of carbonyl (C=O) groups excluding carboxylic acids is 1. The van der Waals surface area contributed by atoms with Gasteiger partial charge in [0.15, 0.2) is 5.78 Å². The van der Waals surface area contributed by atoms with Crippen LogP contribution in [0.15, 0.2) is 40.5 Å². The Bertz CT molecular complexity index is 715. The van der Waals surface area contributed by atoms with Crippen LogP contribution in [0, 0.1) is 17.2 Å². The maximum Gasteiger partial charge on any atom is 0.161 e. The van der Waals surface area contributed by atoms with Crippen molar-refractivity contribution in [2.75, 3.05) is 6.26 Å². The average Bonchev–Trinajstić information content (AvgIpc) is 2.54. The molecular formula is C17H15ClN2OS. The Balaban J connectivity index is 2.17. The van der Waals surface area contributed by atoms with Crippen LogP contribution in [-0.4, -0.2) is 17.1 Å². The van der Waals surface area contributed by atoms with Crippen molar-refractivity contribution >= 4 is 34.2 Å². The van der Waals surface area contributed by atoms with E-state index >= 15 is 0 Å². The Hall–Kier alpha value is -1.57. The number of rotatable bonds is 1. The third-order valence-corrected chi connectivity index (χ3v) is 5.18. The van der Waals surface area contributed by atoms with Crippen molar-refractivity contribution in [2.24, 2.45) is 10.9 Å². The number of Topliss-reactive ketones (excluding diaryl/α,β-unsaturated/α-hetero) is 1. The first kappa shape index (κ1) is 15.3. The molecule has 0 amide bonds. The molecule has 0 N–H and O–H groups in total. The number of nitriles is 1. The van der Waals surface area contributed by atoms with Gasteiger partial charge >= 0.3 is 0 Å². The zero-order valence-corrected chi connectivity index (χ0v) is 13.7. The minimum absolute atomic E-state index is 0.130. The molecule has 1 heterocycles. The summed E-state index contributed by atoms with van der Waals surface area (Å²) in [5, 5.41) is 11.1. The second kappa shape index (κ2) is 6.28. The number of hydrogen-bond donors (Lipinski definition) is 0. The summed E-state index contributed by atoms with van der Waals surface area (Å²) in [5.41, 5.74) is 2.56. The van der Waals surface area contributed by atoms with Gasteiger partial charge < -0.3 is 0 Å². The molecule has 0 radical (unpaired) electrons. The van der Waals surface area contributed by atoms with E-state index in [4.69, 9.17) is 11.6 Å². The van der Waals surface area contributed by atoms with Crippen molar-refractivity contribution in [1.82, 2.24) is 0 Å². The zero-order valence-electron chi connectivity index (χ0n) is 12.2. The third-order valence-electron chi connectivity index (χ3n) is 4.16. The zero-order chi connectivity index (χ0) is 15.7. The highest BCUT2D eigenvalue weighted by Crippen LogP contribution is 2.44. The second-order valence-electron chi connectivity index (χ2n) is 5.43. The van der Waals surface area contributed by atoms with Crippen molar-refractivity contribution in [3.63, 3.8) is 0 Å². The normalized spacial score (nSPS) is 24.6. The number of halogens is 1. The first-order valence-corrected chi connectivity index (χ1v) is 8.80. The quantitative estimate of drug-likeness (QED) is 0.769. The van der Waals surface area contributed by atoms with Crippen molar-refractivity contribution in [3.8, 4) is 6.07 Å². The number of nitrogens with zero attached hydrogens (tertiary/aromatic N) is 2. The van der Waals surface area contributed by atoms with Gasteiger partial charge in [-0.2, -0.15) is 5.26 Å². The van der Waals surface area contributed by atoms with Crippen LogP contribution in [0.5, 0.6) is 0 Å². The van der Waals surface area contributed by atoms with Gasteiger partial charge in [0.25, 0.3) is 0 Å². The van der Waals surface area contributed by atoms with Crippen molar-refractivity contribution in [2.45, 2.75) is 25.2 Å². The number of benzene rings is 1. The molecule has 1 aromatic rings. The highest BCUT2D eigenvalue weighted by atomic mass is 35.5. The molecule has 112 valence electrons. The van der Waals surface area contributed by atoms with Gasteiger partial charge in [-0.15, -0.1) is 11.8 Å². The molecule has 3 rings (SSSR count). The van der Waals surface area contributed by atoms with E-state index in [1.165, 1.54) is 11.8 Å². The predicted octanol–water partition coefficient (Wildman–Crippen LogP) is 4.35. The Morgan fingerprint density at radius 3 is 2.68 bits per heavy atom. The van der Waals surface area contributed by atoms with Gasteiger partial charge in [0.05, 0.1) is 11.1 Å². The van der Waals surface area contributed by atoms with E-state index in [2.05, 4.69) is 11.1 Å². The summed E-state index contributed by atoms with van der Waals surface area (Å²) in [6, 6.07) is 9.79. The van der Waals surface area contributed by atoms with Crippen molar-refractivity contribution in [3.05, 3.63) is 46.1 Å². The molecule has 0 bridgehead atoms. The first-order chi connectivity index (χ1) is 10.7. The molecular weight excluding hydrogens is 316 g/mol. The van der Waals surface area contributed by atoms with Gasteiger partial charge in [-0.1, -0.05) is 23.7 Å². The van der Waals surface area contributed by atoms with Crippen LogP contribution in [0.3, 0.4) is 0 Å². The lowest BCUT2D eigenvalue weighted by atomic mass is 9.74. The Morgan fingerprint density at radius 2 is 2.05 bits per heavy atom. The maximum absolute atomic E-state index is 12.5. The summed E-state index contributed by atoms with van der Waals surface area (Å²) in [6.45, 7) is 0. The minimum Gasteiger partial charge on any atom is -0.294 e. The molecule has 2 atom stereocenters. The summed E-state index contributed by atoms with van der Waals surface area (Å²) in [6.07, 6.45) is 4.13. The minimum atomic E-state index is -0.406. The highest BCUT2D eigenvalue weighted by Gasteiger charge is 2.40. The number of thioether (sulfide) groups is 1. The van der Waals surface area contributed by atoms with E-state index in [1.807, 2.05) is 30.5 Å². The smallest absolute Gasteiger partial charge is 0.161 e. The van der Waals surface area contributed by atoms with E-state index < -0.39 is 5.92 Å². The summed E-state index contributed by atoms with van der Waals surface area (Å²) in [5.74, 6) is -0.507. The van der Waals surface area contributed by atoms with Crippen LogP contribution in [0.25, 0.3) is 0 Å². The number of hydrogen-bond acceptors (Lipinski definition) is 4. The van der Waals surface area contributed by atoms with E-state index in [1.54, 1.807) is 0 Å². The fourth-order valence-electron chi connectivity index (χ4n) is 3.16. The monoisotopic (exact) mass is 330 g/mol. The summed E-state index contributed by atoms with van der Waals surface area (Å²) in [4.78, 5) is 17.1. The molecule has 0 fully saturated rings. The van der Waals surface area contributed by atoms with Gasteiger partial charge in [0, 0.05) is 28.6 Å². The number of aliphatic imine (C=N–C) groups is 1. The van der Waals surface area contributed by atoms with Gasteiger partial charge in [-0.25, -0.2) is 4.99 Å². The predicted molar refractivity (Wildman–Crippen MR) is 90.1 cm³/mol. The fourth-order valence-corrected chi connectivity index (χ4v) is 3.93. The molecule has 5 heteroatoms. The SMILES string of the molecule is CSC1=NC2=C(C(=O)CCC2)[C@@H](c2ccc(Cl)cc2)C1C#N. The summed E-state index contributed by atoms with van der Waals surface area (Å²) < 4.78 is 0. The molecule has 1 unspecified atom stereocenters. The average molecular weight is 331 g/mol. The molecule has 0 spiro atoms. The molecule has 3 nitrogen and oxygen atoms in total. The molecule has 0 saturated carbocycles. The van der Waals surface area contributed by atoms with Crippen molar-refractivity contribution < 1.29 is 4.79 Å². The highest BCUT2D eigenvalue weighted by molar-refractivity contribution is 8.13. The molecule has 0 saturated heterocycles. The van der Waals surface area contributed by atoms with Crippen LogP contribution in [0.1, 0.15) is 30.7 Å².